The standard InChI is InChI=1S/C16H22N2O10S/c1-2-29(24,25)10-12(19)17-9-5-3-4-6-15(22)26-11-27-16(23)28-18-13(20)7-8-14(18)21/h2H,1,3-11H2,(H,17,19). The van der Waals surface area contributed by atoms with Crippen molar-refractivity contribution in [1.82, 2.24) is 10.4 Å². The molecule has 3 amide bonds. The van der Waals surface area contributed by atoms with Gasteiger partial charge in [-0.05, 0) is 12.8 Å². The molecule has 12 nitrogen and oxygen atoms in total. The third-order valence-electron chi connectivity index (χ3n) is 3.53. The van der Waals surface area contributed by atoms with E-state index in [9.17, 15) is 32.4 Å². The van der Waals surface area contributed by atoms with Gasteiger partial charge in [-0.1, -0.05) is 18.1 Å². The Hall–Kier alpha value is -2.96. The predicted molar refractivity (Wildman–Crippen MR) is 95.1 cm³/mol. The molecule has 29 heavy (non-hydrogen) atoms. The van der Waals surface area contributed by atoms with Gasteiger partial charge in [0.1, 0.15) is 5.75 Å². The van der Waals surface area contributed by atoms with Crippen molar-refractivity contribution in [3.8, 4) is 0 Å². The van der Waals surface area contributed by atoms with Crippen molar-refractivity contribution in [3.05, 3.63) is 12.0 Å². The van der Waals surface area contributed by atoms with E-state index in [0.717, 1.165) is 0 Å². The number of hydrogen-bond donors (Lipinski definition) is 1. The average Bonchev–Trinajstić information content (AvgIpc) is 2.96. The van der Waals surface area contributed by atoms with Crippen molar-refractivity contribution in [1.29, 1.82) is 0 Å². The first-order valence-corrected chi connectivity index (χ1v) is 10.3. The summed E-state index contributed by atoms with van der Waals surface area (Å²) in [4.78, 5) is 61.0. The molecule has 13 heteroatoms. The molecule has 0 aromatic carbocycles. The zero-order valence-electron chi connectivity index (χ0n) is 15.6. The third kappa shape index (κ3) is 9.69. The normalized spacial score (nSPS) is 13.7. The maximum Gasteiger partial charge on any atom is 0.536 e. The Morgan fingerprint density at radius 3 is 2.34 bits per heavy atom. The number of nitrogens with one attached hydrogen (secondary N) is 1. The molecular weight excluding hydrogens is 412 g/mol. The monoisotopic (exact) mass is 434 g/mol. The molecule has 0 bridgehead atoms. The number of amides is 3. The van der Waals surface area contributed by atoms with Gasteiger partial charge in [-0.15, -0.1) is 0 Å². The minimum absolute atomic E-state index is 0.0281. The summed E-state index contributed by atoms with van der Waals surface area (Å²) >= 11 is 0. The van der Waals surface area contributed by atoms with Crippen molar-refractivity contribution in [2.75, 3.05) is 19.1 Å². The number of nitrogens with zero attached hydrogens (tertiary/aromatic N) is 1. The van der Waals surface area contributed by atoms with Crippen LogP contribution in [0.15, 0.2) is 12.0 Å². The molecule has 1 N–H and O–H groups in total. The Bertz CT molecular complexity index is 746. The fourth-order valence-electron chi connectivity index (χ4n) is 2.07. The predicted octanol–water partition coefficient (Wildman–Crippen LogP) is -0.0608. The van der Waals surface area contributed by atoms with Crippen LogP contribution in [0.25, 0.3) is 0 Å². The lowest BCUT2D eigenvalue weighted by molar-refractivity contribution is -0.182. The van der Waals surface area contributed by atoms with Crippen LogP contribution in [0.1, 0.15) is 38.5 Å². The molecule has 1 saturated heterocycles. The van der Waals surface area contributed by atoms with Gasteiger partial charge in [0.05, 0.1) is 0 Å². The van der Waals surface area contributed by atoms with Gasteiger partial charge in [0.15, 0.2) is 9.84 Å². The number of rotatable bonds is 12. The molecule has 0 aromatic heterocycles. The number of ether oxygens (including phenoxy) is 2. The molecule has 0 saturated carbocycles. The molecule has 0 atom stereocenters. The van der Waals surface area contributed by atoms with Gasteiger partial charge in [0.25, 0.3) is 11.8 Å². The zero-order chi connectivity index (χ0) is 21.9. The van der Waals surface area contributed by atoms with E-state index < -0.39 is 52.2 Å². The first kappa shape index (κ1) is 24.1. The first-order chi connectivity index (χ1) is 13.6. The maximum atomic E-state index is 11.5. The minimum atomic E-state index is -3.59. The molecule has 0 radical (unpaired) electrons. The summed E-state index contributed by atoms with van der Waals surface area (Å²) in [5.41, 5.74) is 0. The Kier molecular flexibility index (Phi) is 9.79. The van der Waals surface area contributed by atoms with Crippen LogP contribution < -0.4 is 5.32 Å². The molecule has 0 spiro atoms. The van der Waals surface area contributed by atoms with Gasteiger partial charge < -0.3 is 14.8 Å². The maximum absolute atomic E-state index is 11.5. The van der Waals surface area contributed by atoms with E-state index in [1.807, 2.05) is 0 Å². The molecule has 1 aliphatic heterocycles. The van der Waals surface area contributed by atoms with Crippen LogP contribution in [0.5, 0.6) is 0 Å². The lowest BCUT2D eigenvalue weighted by Gasteiger charge is -2.12. The fraction of sp³-hybridized carbons (Fsp3) is 0.562. The van der Waals surface area contributed by atoms with Crippen molar-refractivity contribution in [2.24, 2.45) is 0 Å². The van der Waals surface area contributed by atoms with Gasteiger partial charge in [-0.2, -0.15) is 0 Å². The van der Waals surface area contributed by atoms with Crippen LogP contribution in [0, 0.1) is 0 Å². The molecule has 1 fully saturated rings. The summed E-state index contributed by atoms with van der Waals surface area (Å²) in [6, 6.07) is 0. The van der Waals surface area contributed by atoms with Crippen LogP contribution in [-0.2, 0) is 43.3 Å². The van der Waals surface area contributed by atoms with Gasteiger partial charge >= 0.3 is 12.1 Å². The summed E-state index contributed by atoms with van der Waals surface area (Å²) in [5.74, 6) is -3.27. The quantitative estimate of drug-likeness (QED) is 0.190. The molecule has 0 aromatic rings. The summed E-state index contributed by atoms with van der Waals surface area (Å²) in [6.07, 6.45) is 0.0774. The topological polar surface area (TPSA) is 162 Å². The lowest BCUT2D eigenvalue weighted by Crippen LogP contribution is -2.32. The van der Waals surface area contributed by atoms with E-state index in [4.69, 9.17) is 0 Å². The summed E-state index contributed by atoms with van der Waals surface area (Å²) in [6.45, 7) is 2.63. The number of sulfone groups is 1. The summed E-state index contributed by atoms with van der Waals surface area (Å²) < 4.78 is 31.4. The second-order valence-electron chi connectivity index (χ2n) is 5.84. The van der Waals surface area contributed by atoms with Crippen molar-refractivity contribution < 1.29 is 46.7 Å². The molecular formula is C16H22N2O10S. The van der Waals surface area contributed by atoms with Gasteiger partial charge in [0, 0.05) is 31.2 Å². The van der Waals surface area contributed by atoms with Crippen LogP contribution in [0.4, 0.5) is 4.79 Å². The Morgan fingerprint density at radius 1 is 1.07 bits per heavy atom. The highest BCUT2D eigenvalue weighted by Crippen LogP contribution is 2.12. The molecule has 1 aliphatic rings. The fourth-order valence-corrected chi connectivity index (χ4v) is 2.65. The largest absolute Gasteiger partial charge is 0.536 e. The Balaban J connectivity index is 2.05. The lowest BCUT2D eigenvalue weighted by atomic mass is 10.2. The Labute approximate surface area is 167 Å². The summed E-state index contributed by atoms with van der Waals surface area (Å²) in [7, 11) is -3.59. The highest BCUT2D eigenvalue weighted by molar-refractivity contribution is 7.94. The number of imide groups is 1. The smallest absolute Gasteiger partial charge is 0.428 e. The van der Waals surface area contributed by atoms with E-state index in [1.165, 1.54) is 0 Å². The number of unbranched alkanes of at least 4 members (excludes halogenated alkanes) is 2. The van der Waals surface area contributed by atoms with Gasteiger partial charge in [0.2, 0.25) is 12.7 Å². The van der Waals surface area contributed by atoms with Crippen LogP contribution >= 0.6 is 0 Å². The Morgan fingerprint density at radius 2 is 1.72 bits per heavy atom. The highest BCUT2D eigenvalue weighted by Gasteiger charge is 2.33. The van der Waals surface area contributed by atoms with Gasteiger partial charge in [-0.25, -0.2) is 13.2 Å². The molecule has 0 unspecified atom stereocenters. The second kappa shape index (κ2) is 11.8. The van der Waals surface area contributed by atoms with E-state index in [-0.39, 0.29) is 25.8 Å². The molecule has 1 heterocycles. The first-order valence-electron chi connectivity index (χ1n) is 8.62. The number of hydrogen-bond acceptors (Lipinski definition) is 10. The van der Waals surface area contributed by atoms with Crippen LogP contribution in [-0.4, -0.2) is 62.4 Å². The molecule has 0 aliphatic carbocycles. The van der Waals surface area contributed by atoms with E-state index in [0.29, 0.717) is 29.7 Å². The minimum Gasteiger partial charge on any atom is -0.428 e. The van der Waals surface area contributed by atoms with E-state index in [1.54, 1.807) is 0 Å². The third-order valence-corrected chi connectivity index (χ3v) is 4.71. The van der Waals surface area contributed by atoms with Crippen molar-refractivity contribution in [2.45, 2.75) is 38.5 Å². The summed E-state index contributed by atoms with van der Waals surface area (Å²) in [5, 5.41) is 3.46. The number of carbonyl (C=O) groups is 5. The zero-order valence-corrected chi connectivity index (χ0v) is 16.4. The van der Waals surface area contributed by atoms with Crippen molar-refractivity contribution in [3.63, 3.8) is 0 Å². The van der Waals surface area contributed by atoms with E-state index in [2.05, 4.69) is 26.2 Å². The van der Waals surface area contributed by atoms with Gasteiger partial charge in [-0.3, -0.25) is 24.0 Å². The number of esters is 1. The SMILES string of the molecule is C=CS(=O)(=O)CC(=O)NCCCCCC(=O)OCOC(=O)ON1C(=O)CCC1=O. The highest BCUT2D eigenvalue weighted by atomic mass is 32.2. The van der Waals surface area contributed by atoms with E-state index >= 15 is 0 Å². The van der Waals surface area contributed by atoms with Crippen molar-refractivity contribution >= 4 is 39.7 Å². The second-order valence-corrected chi connectivity index (χ2v) is 7.78. The average molecular weight is 434 g/mol. The molecule has 1 rings (SSSR count). The van der Waals surface area contributed by atoms with Crippen LogP contribution in [0.2, 0.25) is 0 Å². The number of carbonyl (C=O) groups excluding carboxylic acids is 5. The number of hydroxylamine groups is 2. The van der Waals surface area contributed by atoms with Crippen LogP contribution in [0.3, 0.4) is 0 Å². The molecule has 162 valence electrons.